The Hall–Kier alpha value is -2.09. The highest BCUT2D eigenvalue weighted by atomic mass is 35.5. The summed E-state index contributed by atoms with van der Waals surface area (Å²) in [6.07, 6.45) is 4.89. The van der Waals surface area contributed by atoms with Gasteiger partial charge in [0.05, 0.1) is 23.7 Å². The molecule has 0 saturated carbocycles. The first-order chi connectivity index (χ1) is 15.0. The molecule has 2 aromatic rings. The van der Waals surface area contributed by atoms with Crippen LogP contribution in [-0.2, 0) is 13.1 Å². The maximum Gasteiger partial charge on any atom is 0.317 e. The van der Waals surface area contributed by atoms with Crippen molar-refractivity contribution in [2.24, 2.45) is 5.41 Å². The summed E-state index contributed by atoms with van der Waals surface area (Å²) in [6.45, 7) is 4.68. The van der Waals surface area contributed by atoms with E-state index in [4.69, 9.17) is 27.9 Å². The van der Waals surface area contributed by atoms with Gasteiger partial charge in [0.2, 0.25) is 5.88 Å². The third kappa shape index (κ3) is 5.40. The Morgan fingerprint density at radius 1 is 1.19 bits per heavy atom. The summed E-state index contributed by atoms with van der Waals surface area (Å²) in [5.74, 6) is 1.03. The molecule has 0 bridgehead atoms. The molecule has 1 spiro atoms. The molecule has 1 aromatic heterocycles. The van der Waals surface area contributed by atoms with Crippen LogP contribution >= 0.6 is 23.2 Å². The van der Waals surface area contributed by atoms with E-state index in [0.717, 1.165) is 57.5 Å². The summed E-state index contributed by atoms with van der Waals surface area (Å²) in [4.78, 5) is 25.6. The number of halogens is 2. The van der Waals surface area contributed by atoms with Gasteiger partial charge in [0.25, 0.3) is 0 Å². The lowest BCUT2D eigenvalue weighted by Gasteiger charge is -2.40. The normalized spacial score (nSPS) is 21.5. The lowest BCUT2D eigenvalue weighted by Crippen LogP contribution is -2.50. The number of aromatic nitrogens is 2. The van der Waals surface area contributed by atoms with Crippen LogP contribution in [0.5, 0.6) is 5.88 Å². The van der Waals surface area contributed by atoms with E-state index in [-0.39, 0.29) is 18.0 Å². The van der Waals surface area contributed by atoms with E-state index in [9.17, 15) is 4.79 Å². The number of nitrogens with zero attached hydrogens (tertiary/aromatic N) is 4. The first-order valence-electron chi connectivity index (χ1n) is 10.5. The van der Waals surface area contributed by atoms with Gasteiger partial charge in [-0.3, -0.25) is 4.90 Å². The number of urea groups is 1. The van der Waals surface area contributed by atoms with Gasteiger partial charge in [-0.1, -0.05) is 29.3 Å². The molecule has 2 saturated heterocycles. The fourth-order valence-electron chi connectivity index (χ4n) is 4.62. The van der Waals surface area contributed by atoms with Crippen LogP contribution in [0.1, 0.15) is 30.7 Å². The van der Waals surface area contributed by atoms with Crippen molar-refractivity contribution in [2.45, 2.75) is 32.4 Å². The van der Waals surface area contributed by atoms with Crippen LogP contribution < -0.4 is 10.1 Å². The van der Waals surface area contributed by atoms with Crippen LogP contribution in [-0.4, -0.2) is 59.1 Å². The molecule has 1 N–H and O–H groups in total. The smallest absolute Gasteiger partial charge is 0.317 e. The molecule has 2 aliphatic heterocycles. The molecule has 2 fully saturated rings. The Labute approximate surface area is 192 Å². The minimum Gasteiger partial charge on any atom is -0.481 e. The van der Waals surface area contributed by atoms with Gasteiger partial charge in [-0.15, -0.1) is 0 Å². The van der Waals surface area contributed by atoms with E-state index in [1.54, 1.807) is 19.4 Å². The fourth-order valence-corrected chi connectivity index (χ4v) is 4.94. The summed E-state index contributed by atoms with van der Waals surface area (Å²) < 4.78 is 5.11. The summed E-state index contributed by atoms with van der Waals surface area (Å²) in [5, 5.41) is 4.13. The van der Waals surface area contributed by atoms with Gasteiger partial charge in [0, 0.05) is 43.9 Å². The Balaban J connectivity index is 1.32. The number of amides is 2. The highest BCUT2D eigenvalue weighted by molar-refractivity contribution is 6.42. The minimum absolute atomic E-state index is 0.0616. The van der Waals surface area contributed by atoms with E-state index >= 15 is 0 Å². The van der Waals surface area contributed by atoms with Gasteiger partial charge >= 0.3 is 6.03 Å². The minimum atomic E-state index is -0.0616. The number of piperidine rings is 1. The molecule has 9 heteroatoms. The van der Waals surface area contributed by atoms with Crippen molar-refractivity contribution >= 4 is 29.2 Å². The van der Waals surface area contributed by atoms with Gasteiger partial charge in [-0.05, 0) is 43.5 Å². The molecule has 0 radical (unpaired) electrons. The van der Waals surface area contributed by atoms with Crippen LogP contribution in [0.25, 0.3) is 0 Å². The van der Waals surface area contributed by atoms with Crippen molar-refractivity contribution in [3.8, 4) is 5.88 Å². The SMILES string of the molecule is COc1ccnc(CNC(=O)N2CCCC3(CCN(Cc4ccc(Cl)c(Cl)c4)C3)C2)n1. The lowest BCUT2D eigenvalue weighted by molar-refractivity contribution is 0.107. The predicted octanol–water partition coefficient (Wildman–Crippen LogP) is 3.99. The second-order valence-corrected chi connectivity index (χ2v) is 9.22. The van der Waals surface area contributed by atoms with Gasteiger partial charge in [0.1, 0.15) is 0 Å². The molecule has 31 heavy (non-hydrogen) atoms. The number of hydrogen-bond donors (Lipinski definition) is 1. The lowest BCUT2D eigenvalue weighted by atomic mass is 9.79. The van der Waals surface area contributed by atoms with Crippen molar-refractivity contribution < 1.29 is 9.53 Å². The van der Waals surface area contributed by atoms with Crippen molar-refractivity contribution in [1.82, 2.24) is 25.1 Å². The third-order valence-corrected chi connectivity index (χ3v) is 6.88. The van der Waals surface area contributed by atoms with Crippen LogP contribution in [0.4, 0.5) is 4.79 Å². The number of methoxy groups -OCH3 is 1. The first-order valence-corrected chi connectivity index (χ1v) is 11.3. The van der Waals surface area contributed by atoms with Gasteiger partial charge in [-0.2, -0.15) is 4.98 Å². The number of hydrogen-bond acceptors (Lipinski definition) is 5. The number of ether oxygens (including phenoxy) is 1. The maximum atomic E-state index is 12.8. The molecule has 166 valence electrons. The summed E-state index contributed by atoms with van der Waals surface area (Å²) >= 11 is 12.2. The average Bonchev–Trinajstić information content (AvgIpc) is 3.16. The van der Waals surface area contributed by atoms with E-state index in [1.165, 1.54) is 0 Å². The molecule has 4 rings (SSSR count). The maximum absolute atomic E-state index is 12.8. The number of carbonyl (C=O) groups is 1. The molecule has 7 nitrogen and oxygen atoms in total. The van der Waals surface area contributed by atoms with E-state index < -0.39 is 0 Å². The number of carbonyl (C=O) groups excluding carboxylic acids is 1. The second kappa shape index (κ2) is 9.59. The molecule has 1 atom stereocenters. The van der Waals surface area contributed by atoms with E-state index in [1.807, 2.05) is 23.1 Å². The van der Waals surface area contributed by atoms with Crippen LogP contribution in [0.3, 0.4) is 0 Å². The molecular formula is C22H27Cl2N5O2. The second-order valence-electron chi connectivity index (χ2n) is 8.41. The molecule has 1 aromatic carbocycles. The van der Waals surface area contributed by atoms with Crippen molar-refractivity contribution in [2.75, 3.05) is 33.3 Å². The number of benzene rings is 1. The van der Waals surface area contributed by atoms with Crippen molar-refractivity contribution in [3.63, 3.8) is 0 Å². The molecular weight excluding hydrogens is 437 g/mol. The largest absolute Gasteiger partial charge is 0.481 e. The zero-order chi connectivity index (χ0) is 21.8. The third-order valence-electron chi connectivity index (χ3n) is 6.14. The van der Waals surface area contributed by atoms with Crippen molar-refractivity contribution in [1.29, 1.82) is 0 Å². The molecule has 2 aliphatic rings. The number of nitrogens with one attached hydrogen (secondary N) is 1. The van der Waals surface area contributed by atoms with Gasteiger partial charge in [0.15, 0.2) is 5.82 Å². The number of rotatable bonds is 5. The predicted molar refractivity (Wildman–Crippen MR) is 120 cm³/mol. The average molecular weight is 464 g/mol. The summed E-state index contributed by atoms with van der Waals surface area (Å²) in [6, 6.07) is 7.44. The molecule has 0 aliphatic carbocycles. The van der Waals surface area contributed by atoms with E-state index in [0.29, 0.717) is 21.7 Å². The first kappa shape index (κ1) is 22.1. The zero-order valence-corrected chi connectivity index (χ0v) is 19.1. The monoisotopic (exact) mass is 463 g/mol. The Morgan fingerprint density at radius 3 is 2.87 bits per heavy atom. The van der Waals surface area contributed by atoms with Crippen LogP contribution in [0, 0.1) is 5.41 Å². The topological polar surface area (TPSA) is 70.6 Å². The van der Waals surface area contributed by atoms with Crippen molar-refractivity contribution in [3.05, 3.63) is 51.9 Å². The fraction of sp³-hybridized carbons (Fsp3) is 0.500. The summed E-state index contributed by atoms with van der Waals surface area (Å²) in [5.41, 5.74) is 1.31. The Bertz CT molecular complexity index is 944. The van der Waals surface area contributed by atoms with Crippen LogP contribution in [0.15, 0.2) is 30.5 Å². The molecule has 3 heterocycles. The summed E-state index contributed by atoms with van der Waals surface area (Å²) in [7, 11) is 1.56. The van der Waals surface area contributed by atoms with E-state index in [2.05, 4.69) is 20.2 Å². The zero-order valence-electron chi connectivity index (χ0n) is 17.6. The number of likely N-dealkylation sites (tertiary alicyclic amines) is 2. The Kier molecular flexibility index (Phi) is 6.84. The standard InChI is InChI=1S/C22H27Cl2N5O2/c1-31-20-5-8-25-19(27-20)12-26-21(30)29-9-2-6-22(15-29)7-10-28(14-22)13-16-3-4-17(23)18(24)11-16/h3-5,8,11H,2,6-7,9-10,12-15H2,1H3,(H,26,30). The molecule has 2 amide bonds. The van der Waals surface area contributed by atoms with Gasteiger partial charge in [-0.25, -0.2) is 9.78 Å². The highest BCUT2D eigenvalue weighted by Gasteiger charge is 2.42. The van der Waals surface area contributed by atoms with Crippen LogP contribution in [0.2, 0.25) is 10.0 Å². The van der Waals surface area contributed by atoms with Gasteiger partial charge < -0.3 is 15.0 Å². The Morgan fingerprint density at radius 2 is 2.06 bits per heavy atom. The molecule has 1 unspecified atom stereocenters. The quantitative estimate of drug-likeness (QED) is 0.725. The highest BCUT2D eigenvalue weighted by Crippen LogP contribution is 2.39.